The van der Waals surface area contributed by atoms with Gasteiger partial charge in [-0.25, -0.2) is 9.59 Å². The van der Waals surface area contributed by atoms with Gasteiger partial charge in [-0.05, 0) is 13.2 Å². The first kappa shape index (κ1) is 15.6. The molecule has 8 heteroatoms. The summed E-state index contributed by atoms with van der Waals surface area (Å²) in [6.45, 7) is 1.77. The van der Waals surface area contributed by atoms with Crippen molar-refractivity contribution in [3.05, 3.63) is 0 Å². The van der Waals surface area contributed by atoms with Gasteiger partial charge in [0.15, 0.2) is 0 Å². The van der Waals surface area contributed by atoms with Crippen LogP contribution in [0.3, 0.4) is 0 Å². The quantitative estimate of drug-likeness (QED) is 0.513. The summed E-state index contributed by atoms with van der Waals surface area (Å²) >= 11 is 1.53. The highest BCUT2D eigenvalue weighted by molar-refractivity contribution is 7.98. The summed E-state index contributed by atoms with van der Waals surface area (Å²) in [5.74, 6) is -1.97. The molecular weight excluding hydrogens is 248 g/mol. The standard InChI is InChI=1S/C9H16N2O5S/c1-5(4-17-2)10-9(16)11-6(8(14)15)3-7(12)13/h5-6H,3-4H2,1-2H3,(H,12,13)(H,14,15)(H2,10,11,16)/t5?,6-/m1/s1. The van der Waals surface area contributed by atoms with E-state index in [1.165, 1.54) is 11.8 Å². The number of amides is 2. The predicted octanol–water partition coefficient (Wildman–Crippen LogP) is -0.0350. The van der Waals surface area contributed by atoms with Crippen molar-refractivity contribution in [1.82, 2.24) is 10.6 Å². The van der Waals surface area contributed by atoms with E-state index in [-0.39, 0.29) is 6.04 Å². The first-order chi connectivity index (χ1) is 7.86. The molecule has 0 aromatic heterocycles. The number of thioether (sulfide) groups is 1. The Hall–Kier alpha value is -1.44. The summed E-state index contributed by atoms with van der Waals surface area (Å²) < 4.78 is 0. The van der Waals surface area contributed by atoms with Crippen LogP contribution in [0.15, 0.2) is 0 Å². The summed E-state index contributed by atoms with van der Waals surface area (Å²) in [6.07, 6.45) is 1.22. The van der Waals surface area contributed by atoms with Crippen LogP contribution in [0.25, 0.3) is 0 Å². The maximum absolute atomic E-state index is 11.3. The minimum atomic E-state index is -1.42. The minimum absolute atomic E-state index is 0.121. The van der Waals surface area contributed by atoms with Crippen LogP contribution in [0.4, 0.5) is 4.79 Å². The number of nitrogens with one attached hydrogen (secondary N) is 2. The fraction of sp³-hybridized carbons (Fsp3) is 0.667. The monoisotopic (exact) mass is 264 g/mol. The molecule has 0 radical (unpaired) electrons. The second kappa shape index (κ2) is 7.77. The van der Waals surface area contributed by atoms with E-state index in [9.17, 15) is 14.4 Å². The zero-order valence-corrected chi connectivity index (χ0v) is 10.4. The third kappa shape index (κ3) is 7.45. The minimum Gasteiger partial charge on any atom is -0.481 e. The molecule has 2 amide bonds. The number of hydrogen-bond acceptors (Lipinski definition) is 4. The Bertz CT molecular complexity index is 297. The largest absolute Gasteiger partial charge is 0.481 e. The van der Waals surface area contributed by atoms with Crippen molar-refractivity contribution in [1.29, 1.82) is 0 Å². The molecule has 2 atom stereocenters. The molecule has 0 aromatic rings. The Morgan fingerprint density at radius 1 is 1.24 bits per heavy atom. The van der Waals surface area contributed by atoms with Gasteiger partial charge in [0.2, 0.25) is 0 Å². The number of carboxylic acid groups (broad SMARTS) is 2. The number of hydrogen-bond donors (Lipinski definition) is 4. The van der Waals surface area contributed by atoms with Gasteiger partial charge in [0, 0.05) is 11.8 Å². The van der Waals surface area contributed by atoms with Crippen molar-refractivity contribution in [3.63, 3.8) is 0 Å². The summed E-state index contributed by atoms with van der Waals surface area (Å²) in [5, 5.41) is 21.8. The topological polar surface area (TPSA) is 116 Å². The Morgan fingerprint density at radius 3 is 2.24 bits per heavy atom. The lowest BCUT2D eigenvalue weighted by atomic mass is 10.2. The van der Waals surface area contributed by atoms with Crippen molar-refractivity contribution in [2.24, 2.45) is 0 Å². The van der Waals surface area contributed by atoms with Gasteiger partial charge in [-0.15, -0.1) is 0 Å². The van der Waals surface area contributed by atoms with Gasteiger partial charge in [0.1, 0.15) is 6.04 Å². The van der Waals surface area contributed by atoms with Gasteiger partial charge in [0.25, 0.3) is 0 Å². The van der Waals surface area contributed by atoms with E-state index in [2.05, 4.69) is 10.6 Å². The van der Waals surface area contributed by atoms with Crippen molar-refractivity contribution in [3.8, 4) is 0 Å². The predicted molar refractivity (Wildman–Crippen MR) is 63.2 cm³/mol. The molecule has 0 rings (SSSR count). The van der Waals surface area contributed by atoms with E-state index in [1.807, 2.05) is 6.26 Å². The number of carbonyl (C=O) groups excluding carboxylic acids is 1. The zero-order chi connectivity index (χ0) is 13.4. The van der Waals surface area contributed by atoms with Crippen LogP contribution in [0.1, 0.15) is 13.3 Å². The van der Waals surface area contributed by atoms with Gasteiger partial charge in [-0.3, -0.25) is 4.79 Å². The highest BCUT2D eigenvalue weighted by Crippen LogP contribution is 1.97. The van der Waals surface area contributed by atoms with Crippen molar-refractivity contribution in [2.45, 2.75) is 25.4 Å². The van der Waals surface area contributed by atoms with E-state index >= 15 is 0 Å². The van der Waals surface area contributed by atoms with Crippen LogP contribution < -0.4 is 10.6 Å². The Morgan fingerprint density at radius 2 is 1.82 bits per heavy atom. The molecule has 98 valence electrons. The van der Waals surface area contributed by atoms with Crippen LogP contribution in [0, 0.1) is 0 Å². The van der Waals surface area contributed by atoms with Gasteiger partial charge in [0.05, 0.1) is 6.42 Å². The second-order valence-electron chi connectivity index (χ2n) is 3.46. The average molecular weight is 264 g/mol. The number of aliphatic carboxylic acids is 2. The molecule has 0 spiro atoms. The summed E-state index contributed by atoms with van der Waals surface area (Å²) in [4.78, 5) is 32.4. The molecule has 0 fully saturated rings. The molecule has 0 saturated heterocycles. The van der Waals surface area contributed by atoms with Crippen LogP contribution in [0.2, 0.25) is 0 Å². The van der Waals surface area contributed by atoms with Gasteiger partial charge >= 0.3 is 18.0 Å². The summed E-state index contributed by atoms with van der Waals surface area (Å²) in [6, 6.07) is -2.22. The Labute approximate surface area is 103 Å². The van der Waals surface area contributed by atoms with Crippen LogP contribution >= 0.6 is 11.8 Å². The molecule has 1 unspecified atom stereocenters. The molecule has 0 aliphatic rings. The number of rotatable bonds is 7. The third-order valence-corrected chi connectivity index (χ3v) is 2.61. The van der Waals surface area contributed by atoms with Crippen LogP contribution in [-0.4, -0.2) is 52.3 Å². The first-order valence-corrected chi connectivity index (χ1v) is 6.26. The smallest absolute Gasteiger partial charge is 0.326 e. The molecule has 0 saturated carbocycles. The lowest BCUT2D eigenvalue weighted by Crippen LogP contribution is -2.49. The zero-order valence-electron chi connectivity index (χ0n) is 9.60. The molecule has 0 aliphatic carbocycles. The fourth-order valence-corrected chi connectivity index (χ4v) is 1.67. The average Bonchev–Trinajstić information content (AvgIpc) is 2.15. The van der Waals surface area contributed by atoms with Gasteiger partial charge < -0.3 is 20.8 Å². The Balaban J connectivity index is 4.21. The van der Waals surface area contributed by atoms with E-state index in [1.54, 1.807) is 6.92 Å². The maximum atomic E-state index is 11.3. The lowest BCUT2D eigenvalue weighted by Gasteiger charge is -2.16. The maximum Gasteiger partial charge on any atom is 0.326 e. The summed E-state index contributed by atoms with van der Waals surface area (Å²) in [5.41, 5.74) is 0. The number of carbonyl (C=O) groups is 3. The van der Waals surface area contributed by atoms with Crippen molar-refractivity contribution in [2.75, 3.05) is 12.0 Å². The molecule has 4 N–H and O–H groups in total. The molecule has 0 heterocycles. The van der Waals surface area contributed by atoms with Gasteiger partial charge in [-0.1, -0.05) is 0 Å². The first-order valence-electron chi connectivity index (χ1n) is 4.87. The molecular formula is C9H16N2O5S. The van der Waals surface area contributed by atoms with Gasteiger partial charge in [-0.2, -0.15) is 11.8 Å². The number of urea groups is 1. The van der Waals surface area contributed by atoms with E-state index in [4.69, 9.17) is 10.2 Å². The van der Waals surface area contributed by atoms with E-state index < -0.39 is 30.4 Å². The second-order valence-corrected chi connectivity index (χ2v) is 4.37. The normalized spacial score (nSPS) is 13.5. The SMILES string of the molecule is CSCC(C)NC(=O)N[C@H](CC(=O)O)C(=O)O. The lowest BCUT2D eigenvalue weighted by molar-refractivity contribution is -0.145. The summed E-state index contributed by atoms with van der Waals surface area (Å²) in [7, 11) is 0. The van der Waals surface area contributed by atoms with Crippen molar-refractivity contribution >= 4 is 29.7 Å². The van der Waals surface area contributed by atoms with Crippen LogP contribution in [-0.2, 0) is 9.59 Å². The highest BCUT2D eigenvalue weighted by atomic mass is 32.2. The molecule has 0 bridgehead atoms. The highest BCUT2D eigenvalue weighted by Gasteiger charge is 2.23. The third-order valence-electron chi connectivity index (χ3n) is 1.78. The van der Waals surface area contributed by atoms with E-state index in [0.29, 0.717) is 5.75 Å². The fourth-order valence-electron chi connectivity index (χ4n) is 1.09. The van der Waals surface area contributed by atoms with Crippen molar-refractivity contribution < 1.29 is 24.6 Å². The molecule has 0 aromatic carbocycles. The van der Waals surface area contributed by atoms with E-state index in [0.717, 1.165) is 0 Å². The molecule has 0 aliphatic heterocycles. The molecule has 7 nitrogen and oxygen atoms in total. The van der Waals surface area contributed by atoms with Crippen LogP contribution in [0.5, 0.6) is 0 Å². The number of carboxylic acids is 2. The molecule has 17 heavy (non-hydrogen) atoms. The Kier molecular flexibility index (Phi) is 7.11.